The van der Waals surface area contributed by atoms with Crippen LogP contribution in [0, 0.1) is 12.8 Å². The molecule has 1 amide bonds. The molecule has 4 heteroatoms. The van der Waals surface area contributed by atoms with Crippen LogP contribution in [0.15, 0.2) is 18.2 Å². The van der Waals surface area contributed by atoms with Crippen molar-refractivity contribution in [3.63, 3.8) is 0 Å². The quantitative estimate of drug-likeness (QED) is 0.822. The van der Waals surface area contributed by atoms with Crippen molar-refractivity contribution in [2.75, 3.05) is 11.9 Å². The van der Waals surface area contributed by atoms with E-state index in [0.717, 1.165) is 17.3 Å². The zero-order valence-corrected chi connectivity index (χ0v) is 12.4. The van der Waals surface area contributed by atoms with Gasteiger partial charge in [0.2, 0.25) is 0 Å². The van der Waals surface area contributed by atoms with Crippen LogP contribution in [0.5, 0.6) is 0 Å². The zero-order valence-electron chi connectivity index (χ0n) is 10.1. The van der Waals surface area contributed by atoms with Crippen molar-refractivity contribution in [1.29, 1.82) is 0 Å². The maximum absolute atomic E-state index is 11.9. The minimum atomic E-state index is -0.0496. The summed E-state index contributed by atoms with van der Waals surface area (Å²) in [6.07, 6.45) is 1.05. The Kier molecular flexibility index (Phi) is 6.00. The van der Waals surface area contributed by atoms with E-state index in [1.165, 1.54) is 0 Å². The molecule has 0 aliphatic rings. The van der Waals surface area contributed by atoms with Gasteiger partial charge in [0.15, 0.2) is 0 Å². The first-order valence-corrected chi connectivity index (χ1v) is 7.15. The van der Waals surface area contributed by atoms with Gasteiger partial charge in [-0.3, -0.25) is 4.79 Å². The van der Waals surface area contributed by atoms with E-state index in [0.29, 0.717) is 23.0 Å². The molecule has 1 atom stereocenters. The van der Waals surface area contributed by atoms with Gasteiger partial charge in [-0.2, -0.15) is 0 Å². The summed E-state index contributed by atoms with van der Waals surface area (Å²) in [5, 5.41) is 4.52. The van der Waals surface area contributed by atoms with E-state index in [-0.39, 0.29) is 5.91 Å². The van der Waals surface area contributed by atoms with Gasteiger partial charge in [0.1, 0.15) is 0 Å². The van der Waals surface area contributed by atoms with Crippen molar-refractivity contribution in [3.8, 4) is 0 Å². The minimum Gasteiger partial charge on any atom is -0.352 e. The molecule has 17 heavy (non-hydrogen) atoms. The molecule has 1 aromatic carbocycles. The van der Waals surface area contributed by atoms with E-state index < -0.39 is 0 Å². The van der Waals surface area contributed by atoms with Gasteiger partial charge >= 0.3 is 0 Å². The first-order valence-electron chi connectivity index (χ1n) is 5.65. The highest BCUT2D eigenvalue weighted by molar-refractivity contribution is 9.09. The molecular formula is C13H17BrClNO. The Bertz CT molecular complexity index is 395. The molecule has 0 radical (unpaired) electrons. The summed E-state index contributed by atoms with van der Waals surface area (Å²) in [5.41, 5.74) is 1.49. The summed E-state index contributed by atoms with van der Waals surface area (Å²) in [7, 11) is 0. The van der Waals surface area contributed by atoms with Crippen LogP contribution in [0.2, 0.25) is 5.02 Å². The highest BCUT2D eigenvalue weighted by Gasteiger charge is 2.11. The van der Waals surface area contributed by atoms with Crippen LogP contribution in [0.4, 0.5) is 0 Å². The molecule has 0 saturated heterocycles. The topological polar surface area (TPSA) is 29.1 Å². The number of hydrogen-bond donors (Lipinski definition) is 1. The first-order chi connectivity index (χ1) is 8.06. The molecule has 0 aliphatic carbocycles. The van der Waals surface area contributed by atoms with Crippen LogP contribution in [0.1, 0.15) is 29.3 Å². The van der Waals surface area contributed by atoms with E-state index in [4.69, 9.17) is 11.6 Å². The summed E-state index contributed by atoms with van der Waals surface area (Å²) in [6.45, 7) is 4.67. The van der Waals surface area contributed by atoms with Crippen LogP contribution in [-0.4, -0.2) is 17.8 Å². The van der Waals surface area contributed by atoms with Crippen LogP contribution >= 0.6 is 27.5 Å². The lowest BCUT2D eigenvalue weighted by atomic mass is 10.1. The van der Waals surface area contributed by atoms with Gasteiger partial charge in [0.25, 0.3) is 5.91 Å². The van der Waals surface area contributed by atoms with Crippen LogP contribution in [-0.2, 0) is 0 Å². The lowest BCUT2D eigenvalue weighted by molar-refractivity contribution is 0.0947. The van der Waals surface area contributed by atoms with Crippen LogP contribution in [0.3, 0.4) is 0 Å². The molecule has 0 heterocycles. The molecule has 0 bridgehead atoms. The summed E-state index contributed by atoms with van der Waals surface area (Å²) in [5.74, 6) is 0.421. The largest absolute Gasteiger partial charge is 0.352 e. The third-order valence-corrected chi connectivity index (χ3v) is 3.59. The van der Waals surface area contributed by atoms with Gasteiger partial charge in [0.05, 0.1) is 0 Å². The predicted octanol–water partition coefficient (Wildman–Crippen LogP) is 3.80. The Balaban J connectivity index is 2.61. The van der Waals surface area contributed by atoms with Crippen LogP contribution in [0.25, 0.3) is 0 Å². The number of amides is 1. The van der Waals surface area contributed by atoms with E-state index in [2.05, 4.69) is 28.2 Å². The summed E-state index contributed by atoms with van der Waals surface area (Å²) in [4.78, 5) is 11.9. The number of alkyl halides is 1. The van der Waals surface area contributed by atoms with E-state index in [1.54, 1.807) is 18.2 Å². The lowest BCUT2D eigenvalue weighted by Gasteiger charge is -2.12. The molecule has 0 aromatic heterocycles. The molecule has 0 saturated carbocycles. The molecule has 0 fully saturated rings. The summed E-state index contributed by atoms with van der Waals surface area (Å²) in [6, 6.07) is 5.39. The molecule has 1 rings (SSSR count). The van der Waals surface area contributed by atoms with E-state index in [9.17, 15) is 4.79 Å². The Hall–Kier alpha value is -0.540. The fourth-order valence-electron chi connectivity index (χ4n) is 1.50. The number of nitrogens with one attached hydrogen (secondary N) is 1. The number of carbonyl (C=O) groups excluding carboxylic acids is 1. The molecule has 0 aliphatic heterocycles. The second kappa shape index (κ2) is 7.02. The normalized spacial score (nSPS) is 12.2. The van der Waals surface area contributed by atoms with Crippen molar-refractivity contribution in [3.05, 3.63) is 34.3 Å². The van der Waals surface area contributed by atoms with Gasteiger partial charge in [-0.1, -0.05) is 40.5 Å². The van der Waals surface area contributed by atoms with Crippen molar-refractivity contribution in [1.82, 2.24) is 5.32 Å². The Labute approximate surface area is 116 Å². The van der Waals surface area contributed by atoms with Crippen molar-refractivity contribution < 1.29 is 4.79 Å². The fraction of sp³-hybridized carbons (Fsp3) is 0.462. The number of benzene rings is 1. The number of halogens is 2. The van der Waals surface area contributed by atoms with Gasteiger partial charge in [-0.25, -0.2) is 0 Å². The zero-order chi connectivity index (χ0) is 12.8. The van der Waals surface area contributed by atoms with Crippen molar-refractivity contribution in [2.45, 2.75) is 20.3 Å². The van der Waals surface area contributed by atoms with Gasteiger partial charge in [0, 0.05) is 22.5 Å². The van der Waals surface area contributed by atoms with E-state index >= 15 is 0 Å². The summed E-state index contributed by atoms with van der Waals surface area (Å²) < 4.78 is 0. The Morgan fingerprint density at radius 1 is 1.53 bits per heavy atom. The molecular weight excluding hydrogens is 302 g/mol. The van der Waals surface area contributed by atoms with Gasteiger partial charge < -0.3 is 5.32 Å². The standard InChI is InChI=1S/C13H17BrClNO/c1-9(6-7-14)8-16-13(17)11-4-3-5-12(15)10(11)2/h3-5,9H,6-8H2,1-2H3,(H,16,17). The number of rotatable bonds is 5. The van der Waals surface area contributed by atoms with Crippen molar-refractivity contribution >= 4 is 33.4 Å². The molecule has 1 N–H and O–H groups in total. The minimum absolute atomic E-state index is 0.0496. The molecule has 1 aromatic rings. The number of carbonyl (C=O) groups is 1. The Morgan fingerprint density at radius 3 is 2.88 bits per heavy atom. The van der Waals surface area contributed by atoms with E-state index in [1.807, 2.05) is 6.92 Å². The smallest absolute Gasteiger partial charge is 0.251 e. The van der Waals surface area contributed by atoms with Gasteiger partial charge in [-0.05, 0) is 37.0 Å². The SMILES string of the molecule is Cc1c(Cl)cccc1C(=O)NCC(C)CCBr. The second-order valence-electron chi connectivity index (χ2n) is 4.21. The molecule has 1 unspecified atom stereocenters. The predicted molar refractivity (Wildman–Crippen MR) is 76.1 cm³/mol. The average Bonchev–Trinajstić information content (AvgIpc) is 2.30. The maximum Gasteiger partial charge on any atom is 0.251 e. The lowest BCUT2D eigenvalue weighted by Crippen LogP contribution is -2.29. The monoisotopic (exact) mass is 317 g/mol. The molecule has 0 spiro atoms. The van der Waals surface area contributed by atoms with Crippen molar-refractivity contribution in [2.24, 2.45) is 5.92 Å². The fourth-order valence-corrected chi connectivity index (χ4v) is 2.46. The highest BCUT2D eigenvalue weighted by Crippen LogP contribution is 2.18. The first kappa shape index (κ1) is 14.5. The second-order valence-corrected chi connectivity index (χ2v) is 5.41. The third kappa shape index (κ3) is 4.32. The number of hydrogen-bond acceptors (Lipinski definition) is 1. The highest BCUT2D eigenvalue weighted by atomic mass is 79.9. The maximum atomic E-state index is 11.9. The average molecular weight is 319 g/mol. The summed E-state index contributed by atoms with van der Waals surface area (Å²) >= 11 is 9.38. The van der Waals surface area contributed by atoms with Crippen LogP contribution < -0.4 is 5.32 Å². The Morgan fingerprint density at radius 2 is 2.24 bits per heavy atom. The van der Waals surface area contributed by atoms with Gasteiger partial charge in [-0.15, -0.1) is 0 Å². The third-order valence-electron chi connectivity index (χ3n) is 2.73. The molecule has 94 valence electrons. The molecule has 2 nitrogen and oxygen atoms in total.